The fraction of sp³-hybridized carbons (Fsp3) is 0.500. The zero-order valence-electron chi connectivity index (χ0n) is 16.0. The van der Waals surface area contributed by atoms with Gasteiger partial charge >= 0.3 is 0 Å². The lowest BCUT2D eigenvalue weighted by atomic mass is 9.64. The summed E-state index contributed by atoms with van der Waals surface area (Å²) in [6.45, 7) is 6.12. The van der Waals surface area contributed by atoms with Gasteiger partial charge in [-0.2, -0.15) is 0 Å². The standard InChI is InChI=1S/C24H28F2O/c1-3-10-27-22-9-8-19-13-20(14-21(25)23(19)24(22)26)18-7-6-16-11-15(2)4-5-17(16)12-18/h3,8-9,13-18H,1,4-7,10-12H2,2H3. The van der Waals surface area contributed by atoms with Gasteiger partial charge in [0, 0.05) is 0 Å². The summed E-state index contributed by atoms with van der Waals surface area (Å²) in [5.41, 5.74) is 1.02. The van der Waals surface area contributed by atoms with Crippen molar-refractivity contribution in [1.82, 2.24) is 0 Å². The van der Waals surface area contributed by atoms with Gasteiger partial charge in [-0.05, 0) is 78.9 Å². The maximum absolute atomic E-state index is 14.8. The van der Waals surface area contributed by atoms with Crippen molar-refractivity contribution in [2.75, 3.05) is 6.61 Å². The minimum atomic E-state index is -0.622. The second kappa shape index (κ2) is 7.61. The summed E-state index contributed by atoms with van der Waals surface area (Å²) in [6.07, 6.45) is 9.01. The van der Waals surface area contributed by atoms with Gasteiger partial charge in [0.05, 0.1) is 5.39 Å². The summed E-state index contributed by atoms with van der Waals surface area (Å²) in [7, 11) is 0. The molecule has 0 saturated heterocycles. The van der Waals surface area contributed by atoms with E-state index < -0.39 is 11.6 Å². The summed E-state index contributed by atoms with van der Waals surface area (Å²) in [5, 5.41) is 0.647. The highest BCUT2D eigenvalue weighted by Gasteiger charge is 2.35. The van der Waals surface area contributed by atoms with Gasteiger partial charge in [0.15, 0.2) is 11.6 Å². The third kappa shape index (κ3) is 3.61. The van der Waals surface area contributed by atoms with Crippen molar-refractivity contribution in [3.05, 3.63) is 54.1 Å². The van der Waals surface area contributed by atoms with Gasteiger partial charge < -0.3 is 4.74 Å². The van der Waals surface area contributed by atoms with Crippen molar-refractivity contribution < 1.29 is 13.5 Å². The minimum Gasteiger partial charge on any atom is -0.486 e. The van der Waals surface area contributed by atoms with Gasteiger partial charge in [0.2, 0.25) is 0 Å². The Balaban J connectivity index is 1.61. The number of fused-ring (bicyclic) bond motifs is 2. The second-order valence-corrected chi connectivity index (χ2v) is 8.53. The molecule has 0 heterocycles. The summed E-state index contributed by atoms with van der Waals surface area (Å²) in [4.78, 5) is 0. The Kier molecular flexibility index (Phi) is 5.21. The van der Waals surface area contributed by atoms with Crippen LogP contribution in [-0.2, 0) is 0 Å². The van der Waals surface area contributed by atoms with Crippen molar-refractivity contribution in [2.24, 2.45) is 17.8 Å². The SMILES string of the molecule is C=CCOc1ccc2cc(C3CCC4CC(C)CCC4C3)cc(F)c2c1F. The van der Waals surface area contributed by atoms with Gasteiger partial charge in [-0.25, -0.2) is 8.78 Å². The Morgan fingerprint density at radius 3 is 2.67 bits per heavy atom. The lowest BCUT2D eigenvalue weighted by Crippen LogP contribution is -2.29. The highest BCUT2D eigenvalue weighted by atomic mass is 19.1. The molecule has 2 aliphatic rings. The van der Waals surface area contributed by atoms with Gasteiger partial charge in [0.25, 0.3) is 0 Å². The highest BCUT2D eigenvalue weighted by molar-refractivity contribution is 5.86. The van der Waals surface area contributed by atoms with Crippen LogP contribution >= 0.6 is 0 Å². The predicted molar refractivity (Wildman–Crippen MR) is 106 cm³/mol. The van der Waals surface area contributed by atoms with Crippen molar-refractivity contribution >= 4 is 10.8 Å². The molecule has 2 aromatic carbocycles. The first kappa shape index (κ1) is 18.5. The van der Waals surface area contributed by atoms with E-state index in [1.807, 2.05) is 6.07 Å². The van der Waals surface area contributed by atoms with Gasteiger partial charge in [-0.3, -0.25) is 0 Å². The van der Waals surface area contributed by atoms with E-state index in [1.54, 1.807) is 24.3 Å². The van der Waals surface area contributed by atoms with E-state index in [1.165, 1.54) is 25.7 Å². The van der Waals surface area contributed by atoms with E-state index in [0.29, 0.717) is 11.3 Å². The minimum absolute atomic E-state index is 0.0282. The van der Waals surface area contributed by atoms with Crippen LogP contribution in [0, 0.1) is 29.4 Å². The lowest BCUT2D eigenvalue weighted by Gasteiger charge is -2.41. The van der Waals surface area contributed by atoms with E-state index in [9.17, 15) is 8.78 Å². The zero-order chi connectivity index (χ0) is 19.0. The molecule has 2 fully saturated rings. The molecule has 27 heavy (non-hydrogen) atoms. The first-order chi connectivity index (χ1) is 13.1. The van der Waals surface area contributed by atoms with Crippen LogP contribution in [0.25, 0.3) is 10.8 Å². The molecule has 0 spiro atoms. The van der Waals surface area contributed by atoms with Crippen molar-refractivity contribution in [3.63, 3.8) is 0 Å². The molecule has 2 saturated carbocycles. The van der Waals surface area contributed by atoms with Gasteiger partial charge in [0.1, 0.15) is 12.4 Å². The molecule has 1 nitrogen and oxygen atoms in total. The van der Waals surface area contributed by atoms with Crippen LogP contribution in [0.5, 0.6) is 5.75 Å². The Morgan fingerprint density at radius 2 is 1.85 bits per heavy atom. The number of benzene rings is 2. The third-order valence-electron chi connectivity index (χ3n) is 6.70. The Hall–Kier alpha value is -1.90. The molecule has 4 unspecified atom stereocenters. The molecule has 2 aliphatic carbocycles. The van der Waals surface area contributed by atoms with E-state index in [-0.39, 0.29) is 17.7 Å². The average Bonchev–Trinajstić information content (AvgIpc) is 2.66. The number of hydrogen-bond donors (Lipinski definition) is 0. The zero-order valence-corrected chi connectivity index (χ0v) is 16.0. The summed E-state index contributed by atoms with van der Waals surface area (Å²) in [6, 6.07) is 6.88. The van der Waals surface area contributed by atoms with Crippen LogP contribution in [0.1, 0.15) is 56.9 Å². The molecule has 0 aliphatic heterocycles. The predicted octanol–water partition coefficient (Wildman–Crippen LogP) is 7.00. The van der Waals surface area contributed by atoms with Crippen LogP contribution in [-0.4, -0.2) is 6.61 Å². The number of ether oxygens (including phenoxy) is 1. The van der Waals surface area contributed by atoms with Crippen LogP contribution in [0.4, 0.5) is 8.78 Å². The quantitative estimate of drug-likeness (QED) is 0.526. The van der Waals surface area contributed by atoms with Crippen LogP contribution < -0.4 is 4.74 Å². The molecule has 3 heteroatoms. The summed E-state index contributed by atoms with van der Waals surface area (Å²) in [5.74, 6) is 1.82. The average molecular weight is 370 g/mol. The molecule has 4 atom stereocenters. The highest BCUT2D eigenvalue weighted by Crippen LogP contribution is 2.48. The molecule has 0 aromatic heterocycles. The van der Waals surface area contributed by atoms with Crippen molar-refractivity contribution in [2.45, 2.75) is 51.4 Å². The summed E-state index contributed by atoms with van der Waals surface area (Å²) < 4.78 is 34.8. The first-order valence-electron chi connectivity index (χ1n) is 10.2. The van der Waals surface area contributed by atoms with E-state index in [2.05, 4.69) is 13.5 Å². The first-order valence-corrected chi connectivity index (χ1v) is 10.2. The number of halogens is 2. The Bertz CT molecular complexity index is 844. The molecule has 0 N–H and O–H groups in total. The van der Waals surface area contributed by atoms with E-state index >= 15 is 0 Å². The topological polar surface area (TPSA) is 9.23 Å². The molecule has 0 amide bonds. The third-order valence-corrected chi connectivity index (χ3v) is 6.70. The molecule has 0 bridgehead atoms. The van der Waals surface area contributed by atoms with E-state index in [4.69, 9.17) is 4.74 Å². The van der Waals surface area contributed by atoms with Crippen LogP contribution in [0.3, 0.4) is 0 Å². The molecular weight excluding hydrogens is 342 g/mol. The normalized spacial score (nSPS) is 28.0. The number of hydrogen-bond acceptors (Lipinski definition) is 1. The molecule has 0 radical (unpaired) electrons. The maximum Gasteiger partial charge on any atom is 0.175 e. The van der Waals surface area contributed by atoms with Gasteiger partial charge in [-0.1, -0.05) is 38.1 Å². The molecule has 2 aromatic rings. The monoisotopic (exact) mass is 370 g/mol. The Labute approximate surface area is 160 Å². The fourth-order valence-corrected chi connectivity index (χ4v) is 5.30. The molecule has 144 valence electrons. The molecular formula is C24H28F2O. The number of rotatable bonds is 4. The van der Waals surface area contributed by atoms with Crippen LogP contribution in [0.15, 0.2) is 36.9 Å². The van der Waals surface area contributed by atoms with E-state index in [0.717, 1.165) is 36.2 Å². The van der Waals surface area contributed by atoms with Gasteiger partial charge in [-0.15, -0.1) is 0 Å². The molecule has 4 rings (SSSR count). The smallest absolute Gasteiger partial charge is 0.175 e. The Morgan fingerprint density at radius 1 is 1.07 bits per heavy atom. The lowest BCUT2D eigenvalue weighted by molar-refractivity contribution is 0.124. The van der Waals surface area contributed by atoms with Crippen LogP contribution in [0.2, 0.25) is 0 Å². The largest absolute Gasteiger partial charge is 0.486 e. The van der Waals surface area contributed by atoms with Crippen molar-refractivity contribution in [3.8, 4) is 5.75 Å². The fourth-order valence-electron chi connectivity index (χ4n) is 5.30. The summed E-state index contributed by atoms with van der Waals surface area (Å²) >= 11 is 0. The maximum atomic E-state index is 14.8. The second-order valence-electron chi connectivity index (χ2n) is 8.53. The van der Waals surface area contributed by atoms with Crippen molar-refractivity contribution in [1.29, 1.82) is 0 Å².